The maximum Gasteiger partial charge on any atom is 0.0619 e. The van der Waals surface area contributed by atoms with Crippen molar-refractivity contribution in [2.75, 3.05) is 0 Å². The summed E-state index contributed by atoms with van der Waals surface area (Å²) in [6.45, 7) is 2.27. The molecule has 0 amide bonds. The largest absolute Gasteiger partial charge is 0.307 e. The Morgan fingerprint density at radius 1 is 0.429 bits per heavy atom. The zero-order chi connectivity index (χ0) is 32.5. The van der Waals surface area contributed by atoms with Crippen molar-refractivity contribution >= 4 is 75.7 Å². The normalized spacial score (nSPS) is 12.0. The smallest absolute Gasteiger partial charge is 0.0619 e. The van der Waals surface area contributed by atoms with E-state index in [-0.39, 0.29) is 0 Å². The van der Waals surface area contributed by atoms with Crippen LogP contribution < -0.4 is 0 Å². The highest BCUT2D eigenvalue weighted by atomic mass is 15.0. The van der Waals surface area contributed by atoms with Gasteiger partial charge in [0, 0.05) is 26.9 Å². The molecule has 9 aromatic carbocycles. The number of aryl methyl sites for hydroxylation is 1. The first kappa shape index (κ1) is 28.1. The van der Waals surface area contributed by atoms with Gasteiger partial charge in [-0.15, -0.1) is 0 Å². The summed E-state index contributed by atoms with van der Waals surface area (Å²) in [5, 5.41) is 15.3. The second kappa shape index (κ2) is 11.1. The Labute approximate surface area is 285 Å². The van der Waals surface area contributed by atoms with Crippen molar-refractivity contribution < 1.29 is 0 Å². The van der Waals surface area contributed by atoms with Gasteiger partial charge in [0.15, 0.2) is 0 Å². The molecule has 0 aliphatic heterocycles. The summed E-state index contributed by atoms with van der Waals surface area (Å²) < 4.78 is 2.59. The Kier molecular flexibility index (Phi) is 6.36. The molecule has 0 radical (unpaired) electrons. The molecule has 1 heteroatoms. The minimum Gasteiger partial charge on any atom is -0.307 e. The minimum absolute atomic E-state index is 1.12. The third-order valence-corrected chi connectivity index (χ3v) is 10.7. The molecule has 0 atom stereocenters. The zero-order valence-corrected chi connectivity index (χ0v) is 27.6. The molecule has 49 heavy (non-hydrogen) atoms. The van der Waals surface area contributed by atoms with Crippen LogP contribution in [0.3, 0.4) is 0 Å². The Hall–Kier alpha value is -5.92. The summed E-state index contributed by atoms with van der Waals surface area (Å²) >= 11 is 0. The number of hydrogen-bond acceptors (Lipinski definition) is 0. The van der Waals surface area contributed by atoms with Gasteiger partial charge in [-0.05, 0) is 85.4 Å². The van der Waals surface area contributed by atoms with Crippen molar-refractivity contribution in [3.8, 4) is 16.8 Å². The van der Waals surface area contributed by atoms with Gasteiger partial charge in [-0.1, -0.05) is 153 Å². The van der Waals surface area contributed by atoms with E-state index in [0.29, 0.717) is 0 Å². The summed E-state index contributed by atoms with van der Waals surface area (Å²) in [7, 11) is 0. The monoisotopic (exact) mass is 625 g/mol. The predicted molar refractivity (Wildman–Crippen MR) is 212 cm³/mol. The molecule has 10 rings (SSSR count). The molecule has 0 unspecified atom stereocenters. The molecular weight excluding hydrogens is 591 g/mol. The van der Waals surface area contributed by atoms with Crippen molar-refractivity contribution in [3.05, 3.63) is 163 Å². The van der Waals surface area contributed by atoms with E-state index in [1.54, 1.807) is 0 Å². The van der Waals surface area contributed by atoms with Crippen LogP contribution >= 0.6 is 0 Å². The molecule has 1 heterocycles. The van der Waals surface area contributed by atoms with E-state index in [1.807, 2.05) is 0 Å². The van der Waals surface area contributed by atoms with E-state index in [1.165, 1.54) is 111 Å². The molecule has 0 spiro atoms. The highest BCUT2D eigenvalue weighted by Crippen LogP contribution is 2.46. The van der Waals surface area contributed by atoms with Gasteiger partial charge < -0.3 is 4.57 Å². The van der Waals surface area contributed by atoms with Gasteiger partial charge >= 0.3 is 0 Å². The number of hydrogen-bond donors (Lipinski definition) is 0. The molecule has 0 N–H and O–H groups in total. The molecule has 0 aliphatic carbocycles. The van der Waals surface area contributed by atoms with Crippen LogP contribution in [0.15, 0.2) is 158 Å². The maximum absolute atomic E-state index is 2.59. The molecule has 0 saturated carbocycles. The van der Waals surface area contributed by atoms with Crippen LogP contribution in [0.25, 0.3) is 92.5 Å². The lowest BCUT2D eigenvalue weighted by Gasteiger charge is -2.20. The lowest BCUT2D eigenvalue weighted by Crippen LogP contribution is -1.99. The van der Waals surface area contributed by atoms with Crippen LogP contribution in [-0.4, -0.2) is 4.57 Å². The van der Waals surface area contributed by atoms with Crippen LogP contribution in [0.5, 0.6) is 0 Å². The Bertz CT molecular complexity index is 2870. The summed E-state index contributed by atoms with van der Waals surface area (Å²) in [5.41, 5.74) is 7.71. The van der Waals surface area contributed by atoms with Gasteiger partial charge in [-0.2, -0.15) is 0 Å². The number of unbranched alkanes of at least 4 members (excludes halogenated alkanes) is 1. The quantitative estimate of drug-likeness (QED) is 0.168. The summed E-state index contributed by atoms with van der Waals surface area (Å²) in [4.78, 5) is 0. The second-order valence-electron chi connectivity index (χ2n) is 13.5. The highest BCUT2D eigenvalue weighted by Gasteiger charge is 2.22. The fourth-order valence-corrected chi connectivity index (χ4v) is 8.34. The Morgan fingerprint density at radius 2 is 1.04 bits per heavy atom. The van der Waals surface area contributed by atoms with Crippen LogP contribution in [0.1, 0.15) is 25.3 Å². The first-order valence-electron chi connectivity index (χ1n) is 17.6. The van der Waals surface area contributed by atoms with Crippen LogP contribution in [0, 0.1) is 0 Å². The van der Waals surface area contributed by atoms with E-state index in [0.717, 1.165) is 6.42 Å². The number of aromatic nitrogens is 1. The SMILES string of the molecule is CCCCc1ccc2cc3c(cc2c1)c1ccc2ccccc2c1n3-c1c2ccccc2c(-c2ccc3ccccc3c2)c2ccccc12. The lowest BCUT2D eigenvalue weighted by molar-refractivity contribution is 0.796. The van der Waals surface area contributed by atoms with Crippen molar-refractivity contribution in [2.45, 2.75) is 26.2 Å². The average Bonchev–Trinajstić information content (AvgIpc) is 3.47. The molecule has 0 bridgehead atoms. The van der Waals surface area contributed by atoms with Crippen molar-refractivity contribution in [1.82, 2.24) is 4.57 Å². The first-order valence-corrected chi connectivity index (χ1v) is 17.6. The highest BCUT2D eigenvalue weighted by molar-refractivity contribution is 6.25. The summed E-state index contributed by atoms with van der Waals surface area (Å²) in [6, 6.07) is 59.1. The topological polar surface area (TPSA) is 4.93 Å². The van der Waals surface area contributed by atoms with Gasteiger partial charge in [0.05, 0.1) is 16.7 Å². The minimum atomic E-state index is 1.12. The van der Waals surface area contributed by atoms with Crippen LogP contribution in [0.2, 0.25) is 0 Å². The van der Waals surface area contributed by atoms with Crippen molar-refractivity contribution in [2.24, 2.45) is 0 Å². The molecule has 10 aromatic rings. The fourth-order valence-electron chi connectivity index (χ4n) is 8.34. The van der Waals surface area contributed by atoms with Crippen LogP contribution in [-0.2, 0) is 6.42 Å². The van der Waals surface area contributed by atoms with Gasteiger partial charge in [-0.25, -0.2) is 0 Å². The van der Waals surface area contributed by atoms with Crippen molar-refractivity contribution in [1.29, 1.82) is 0 Å². The first-order chi connectivity index (χ1) is 24.3. The molecular formula is C48H35N. The third-order valence-electron chi connectivity index (χ3n) is 10.7. The van der Waals surface area contributed by atoms with Gasteiger partial charge in [-0.3, -0.25) is 0 Å². The van der Waals surface area contributed by atoms with Gasteiger partial charge in [0.2, 0.25) is 0 Å². The predicted octanol–water partition coefficient (Wildman–Crippen LogP) is 13.6. The maximum atomic E-state index is 2.59. The van der Waals surface area contributed by atoms with E-state index in [9.17, 15) is 0 Å². The van der Waals surface area contributed by atoms with E-state index >= 15 is 0 Å². The molecule has 232 valence electrons. The third kappa shape index (κ3) is 4.32. The molecule has 0 aliphatic rings. The molecule has 0 fully saturated rings. The molecule has 0 saturated heterocycles. The van der Waals surface area contributed by atoms with Gasteiger partial charge in [0.25, 0.3) is 0 Å². The standard InChI is InChI=1S/C48H35N/c1-2-3-12-31-21-22-35-30-45-44(29-37(35)27-31)43-26-25-33-14-6-7-16-38(33)47(43)49(45)48-41-19-10-8-17-39(41)46(40-18-9-11-20-42(40)48)36-24-23-32-13-4-5-15-34(32)28-36/h4-11,13-30H,2-3,12H2,1H3. The van der Waals surface area contributed by atoms with E-state index in [2.05, 4.69) is 169 Å². The van der Waals surface area contributed by atoms with E-state index < -0.39 is 0 Å². The zero-order valence-electron chi connectivity index (χ0n) is 27.6. The fraction of sp³-hybridized carbons (Fsp3) is 0.0833. The van der Waals surface area contributed by atoms with E-state index in [4.69, 9.17) is 0 Å². The Balaban J connectivity index is 1.37. The number of benzene rings is 9. The lowest BCUT2D eigenvalue weighted by atomic mass is 9.89. The summed E-state index contributed by atoms with van der Waals surface area (Å²) in [5.74, 6) is 0. The average molecular weight is 626 g/mol. The van der Waals surface area contributed by atoms with Crippen LogP contribution in [0.4, 0.5) is 0 Å². The number of fused-ring (bicyclic) bond motifs is 9. The van der Waals surface area contributed by atoms with Crippen molar-refractivity contribution in [3.63, 3.8) is 0 Å². The Morgan fingerprint density at radius 3 is 1.80 bits per heavy atom. The number of nitrogens with zero attached hydrogens (tertiary/aromatic N) is 1. The molecule has 1 nitrogen and oxygen atoms in total. The molecule has 1 aromatic heterocycles. The number of rotatable bonds is 5. The van der Waals surface area contributed by atoms with Gasteiger partial charge in [0.1, 0.15) is 0 Å². The second-order valence-corrected chi connectivity index (χ2v) is 13.5. The summed E-state index contributed by atoms with van der Waals surface area (Å²) in [6.07, 6.45) is 3.55.